The van der Waals surface area contributed by atoms with E-state index < -0.39 is 10.0 Å². The summed E-state index contributed by atoms with van der Waals surface area (Å²) in [5, 5.41) is 0.843. The Hall–Kier alpha value is -1.92. The van der Waals surface area contributed by atoms with Crippen LogP contribution < -0.4 is 4.72 Å². The third-order valence-electron chi connectivity index (χ3n) is 4.08. The average molecular weight is 375 g/mol. The molecule has 3 rings (SSSR count). The van der Waals surface area contributed by atoms with Gasteiger partial charge in [-0.1, -0.05) is 38.3 Å². The van der Waals surface area contributed by atoms with Gasteiger partial charge in [0, 0.05) is 28.2 Å². The Morgan fingerprint density at radius 2 is 1.88 bits per heavy atom. The van der Waals surface area contributed by atoms with Crippen molar-refractivity contribution in [2.45, 2.75) is 43.2 Å². The Morgan fingerprint density at radius 3 is 2.60 bits per heavy atom. The topological polar surface area (TPSA) is 59.1 Å². The Kier molecular flexibility index (Phi) is 5.71. The molecule has 1 N–H and O–H groups in total. The van der Waals surface area contributed by atoms with Gasteiger partial charge in [0.25, 0.3) is 10.0 Å². The summed E-state index contributed by atoms with van der Waals surface area (Å²) in [6.45, 7) is 2.20. The van der Waals surface area contributed by atoms with E-state index in [9.17, 15) is 8.42 Å². The lowest BCUT2D eigenvalue weighted by atomic mass is 10.1. The highest BCUT2D eigenvalue weighted by Crippen LogP contribution is 2.29. The number of unbranched alkanes of at least 4 members (excludes halogenated alkanes) is 3. The van der Waals surface area contributed by atoms with E-state index in [0.29, 0.717) is 9.90 Å². The summed E-state index contributed by atoms with van der Waals surface area (Å²) < 4.78 is 29.0. The third-order valence-corrected chi connectivity index (χ3v) is 7.06. The highest BCUT2D eigenvalue weighted by atomic mass is 32.2. The molecule has 0 aliphatic rings. The van der Waals surface area contributed by atoms with Gasteiger partial charge in [-0.3, -0.25) is 9.71 Å². The van der Waals surface area contributed by atoms with Crippen molar-refractivity contribution in [2.75, 3.05) is 4.72 Å². The van der Waals surface area contributed by atoms with Gasteiger partial charge in [-0.2, -0.15) is 0 Å². The Morgan fingerprint density at radius 1 is 1.08 bits per heavy atom. The van der Waals surface area contributed by atoms with Crippen LogP contribution >= 0.6 is 11.3 Å². The predicted molar refractivity (Wildman–Crippen MR) is 105 cm³/mol. The van der Waals surface area contributed by atoms with E-state index >= 15 is 0 Å². The molecule has 1 aromatic carbocycles. The minimum absolute atomic E-state index is 0.305. The van der Waals surface area contributed by atoms with Gasteiger partial charge in [-0.25, -0.2) is 8.42 Å². The van der Waals surface area contributed by atoms with Crippen molar-refractivity contribution in [1.82, 2.24) is 4.98 Å². The molecule has 4 nitrogen and oxygen atoms in total. The number of hydrogen-bond donors (Lipinski definition) is 1. The van der Waals surface area contributed by atoms with E-state index in [0.717, 1.165) is 16.5 Å². The third kappa shape index (κ3) is 4.58. The monoisotopic (exact) mass is 374 g/mol. The molecule has 0 radical (unpaired) electrons. The van der Waals surface area contributed by atoms with Crippen LogP contribution in [0.3, 0.4) is 0 Å². The molecule has 0 fully saturated rings. The lowest BCUT2D eigenvalue weighted by Crippen LogP contribution is -2.11. The van der Waals surface area contributed by atoms with E-state index in [1.165, 1.54) is 42.6 Å². The highest BCUT2D eigenvalue weighted by Gasteiger charge is 2.17. The summed E-state index contributed by atoms with van der Waals surface area (Å²) in [6.07, 6.45) is 9.30. The lowest BCUT2D eigenvalue weighted by molar-refractivity contribution is 0.603. The molecule has 0 atom stereocenters. The Labute approximate surface area is 153 Å². The van der Waals surface area contributed by atoms with Crippen molar-refractivity contribution < 1.29 is 8.42 Å². The first kappa shape index (κ1) is 17.9. The molecular formula is C19H22N2O2S2. The first-order valence-electron chi connectivity index (χ1n) is 8.54. The molecule has 2 aromatic heterocycles. The maximum absolute atomic E-state index is 12.6. The van der Waals surface area contributed by atoms with Crippen LogP contribution in [0.4, 0.5) is 5.69 Å². The number of thiophene rings is 1. The number of benzene rings is 1. The van der Waals surface area contributed by atoms with Crippen LogP contribution in [0.1, 0.15) is 38.2 Å². The van der Waals surface area contributed by atoms with Gasteiger partial charge >= 0.3 is 0 Å². The van der Waals surface area contributed by atoms with E-state index in [1.54, 1.807) is 18.5 Å². The van der Waals surface area contributed by atoms with Gasteiger partial charge in [0.1, 0.15) is 4.21 Å². The molecule has 0 saturated carbocycles. The molecule has 0 unspecified atom stereocenters. The van der Waals surface area contributed by atoms with Crippen LogP contribution in [-0.2, 0) is 16.4 Å². The smallest absolute Gasteiger partial charge is 0.271 e. The molecule has 0 aliphatic carbocycles. The van der Waals surface area contributed by atoms with Crippen LogP contribution in [-0.4, -0.2) is 13.4 Å². The minimum Gasteiger partial charge on any atom is -0.279 e. The van der Waals surface area contributed by atoms with Gasteiger partial charge in [0.05, 0.1) is 0 Å². The fourth-order valence-electron chi connectivity index (χ4n) is 2.69. The number of aromatic nitrogens is 1. The van der Waals surface area contributed by atoms with Crippen LogP contribution in [0.15, 0.2) is 53.0 Å². The van der Waals surface area contributed by atoms with E-state index in [1.807, 2.05) is 30.3 Å². The van der Waals surface area contributed by atoms with Gasteiger partial charge in [-0.15, -0.1) is 11.3 Å². The summed E-state index contributed by atoms with van der Waals surface area (Å²) >= 11 is 1.25. The fourth-order valence-corrected chi connectivity index (χ4v) is 5.12. The zero-order valence-corrected chi connectivity index (χ0v) is 15.9. The first-order valence-corrected chi connectivity index (χ1v) is 10.8. The first-order chi connectivity index (χ1) is 12.1. The Bertz CT molecular complexity index is 898. The number of anilines is 1. The molecular weight excluding hydrogens is 352 g/mol. The van der Waals surface area contributed by atoms with Gasteiger partial charge in [0.15, 0.2) is 0 Å². The Balaban J connectivity index is 1.68. The second kappa shape index (κ2) is 7.97. The maximum atomic E-state index is 12.6. The summed E-state index contributed by atoms with van der Waals surface area (Å²) in [7, 11) is -3.57. The number of pyridine rings is 1. The second-order valence-electron chi connectivity index (χ2n) is 6.09. The SMILES string of the molecule is CCCCCCc1ccc(NS(=O)(=O)c2cc3cnccc3s2)cc1. The quantitative estimate of drug-likeness (QED) is 0.550. The standard InChI is InChI=1S/C19H22N2O2S2/c1-2-3-4-5-6-15-7-9-17(10-8-15)21-25(22,23)19-13-16-14-20-12-11-18(16)24-19/h7-14,21H,2-6H2,1H3. The zero-order valence-electron chi connectivity index (χ0n) is 14.2. The number of rotatable bonds is 8. The average Bonchev–Trinajstić information content (AvgIpc) is 3.05. The minimum atomic E-state index is -3.57. The molecule has 0 amide bonds. The van der Waals surface area contributed by atoms with Crippen molar-refractivity contribution in [1.29, 1.82) is 0 Å². The van der Waals surface area contributed by atoms with Crippen molar-refractivity contribution in [3.05, 3.63) is 54.4 Å². The fraction of sp³-hybridized carbons (Fsp3) is 0.316. The summed E-state index contributed by atoms with van der Waals surface area (Å²) in [4.78, 5) is 4.03. The summed E-state index contributed by atoms with van der Waals surface area (Å²) in [5.74, 6) is 0. The molecule has 0 bridgehead atoms. The normalized spacial score (nSPS) is 11.7. The molecule has 6 heteroatoms. The maximum Gasteiger partial charge on any atom is 0.271 e. The van der Waals surface area contributed by atoms with Gasteiger partial charge < -0.3 is 0 Å². The number of nitrogens with one attached hydrogen (secondary N) is 1. The summed E-state index contributed by atoms with van der Waals surface area (Å²) in [6, 6.07) is 11.2. The number of fused-ring (bicyclic) bond motifs is 1. The second-order valence-corrected chi connectivity index (χ2v) is 9.09. The number of hydrogen-bond acceptors (Lipinski definition) is 4. The number of aryl methyl sites for hydroxylation is 1. The summed E-state index contributed by atoms with van der Waals surface area (Å²) in [5.41, 5.74) is 1.83. The molecule has 0 spiro atoms. The van der Waals surface area contributed by atoms with Gasteiger partial charge in [0.2, 0.25) is 0 Å². The van der Waals surface area contributed by atoms with Crippen molar-refractivity contribution in [2.24, 2.45) is 0 Å². The van der Waals surface area contributed by atoms with Crippen molar-refractivity contribution in [3.63, 3.8) is 0 Å². The lowest BCUT2D eigenvalue weighted by Gasteiger charge is -2.07. The van der Waals surface area contributed by atoms with Crippen molar-refractivity contribution >= 4 is 37.1 Å². The zero-order chi connectivity index (χ0) is 17.7. The van der Waals surface area contributed by atoms with Crippen LogP contribution in [0.25, 0.3) is 10.1 Å². The molecule has 2 heterocycles. The van der Waals surface area contributed by atoms with Crippen LogP contribution in [0.2, 0.25) is 0 Å². The molecule has 132 valence electrons. The van der Waals surface area contributed by atoms with E-state index in [4.69, 9.17) is 0 Å². The van der Waals surface area contributed by atoms with Gasteiger partial charge in [-0.05, 0) is 42.7 Å². The molecule has 25 heavy (non-hydrogen) atoms. The largest absolute Gasteiger partial charge is 0.279 e. The van der Waals surface area contributed by atoms with E-state index in [-0.39, 0.29) is 0 Å². The molecule has 3 aromatic rings. The number of nitrogens with zero attached hydrogens (tertiary/aromatic N) is 1. The predicted octanol–water partition coefficient (Wildman–Crippen LogP) is 5.22. The van der Waals surface area contributed by atoms with Crippen LogP contribution in [0.5, 0.6) is 0 Å². The molecule has 0 aliphatic heterocycles. The van der Waals surface area contributed by atoms with Crippen molar-refractivity contribution in [3.8, 4) is 0 Å². The molecule has 0 saturated heterocycles. The van der Waals surface area contributed by atoms with E-state index in [2.05, 4.69) is 16.6 Å². The highest BCUT2D eigenvalue weighted by molar-refractivity contribution is 7.94. The van der Waals surface area contributed by atoms with Crippen LogP contribution in [0, 0.1) is 0 Å². The number of sulfonamides is 1.